The predicted octanol–water partition coefficient (Wildman–Crippen LogP) is 2.27. The van der Waals surface area contributed by atoms with Gasteiger partial charge in [-0.25, -0.2) is 0 Å². The minimum atomic E-state index is 0. The summed E-state index contributed by atoms with van der Waals surface area (Å²) in [4.78, 5) is 0. The number of allylic oxidation sites excluding steroid dienone is 8. The molecule has 26 heavy (non-hydrogen) atoms. The van der Waals surface area contributed by atoms with Gasteiger partial charge in [0.15, 0.2) is 0 Å². The smallest absolute Gasteiger partial charge is 0.855 e. The van der Waals surface area contributed by atoms with E-state index in [1.807, 2.05) is 6.07 Å². The van der Waals surface area contributed by atoms with Gasteiger partial charge in [-0.1, -0.05) is 56.7 Å². The van der Waals surface area contributed by atoms with E-state index in [0.29, 0.717) is 0 Å². The number of hydrogen-bond acceptors (Lipinski definition) is 3. The van der Waals surface area contributed by atoms with Gasteiger partial charge in [-0.15, -0.1) is 66.9 Å². The zero-order valence-electron chi connectivity index (χ0n) is 16.0. The van der Waals surface area contributed by atoms with Crippen molar-refractivity contribution < 1.29 is 41.2 Å². The summed E-state index contributed by atoms with van der Waals surface area (Å²) in [6.45, 7) is 4.71. The molecule has 0 aliphatic heterocycles. The summed E-state index contributed by atoms with van der Waals surface area (Å²) in [6.07, 6.45) is 15.1. The molecule has 2 aliphatic carbocycles. The maximum Gasteiger partial charge on any atom is 4.00 e. The van der Waals surface area contributed by atoms with E-state index in [2.05, 4.69) is 54.7 Å². The zero-order chi connectivity index (χ0) is 18.9. The van der Waals surface area contributed by atoms with Crippen molar-refractivity contribution in [3.05, 3.63) is 71.8 Å². The van der Waals surface area contributed by atoms with Crippen LogP contribution in [0, 0.1) is 6.07 Å². The van der Waals surface area contributed by atoms with Gasteiger partial charge in [0, 0.05) is 0 Å². The van der Waals surface area contributed by atoms with Crippen LogP contribution in [0.2, 0.25) is 0 Å². The first-order valence-corrected chi connectivity index (χ1v) is 8.67. The molecule has 0 unspecified atom stereocenters. The Kier molecular flexibility index (Phi) is 19.5. The molecule has 138 valence electrons. The van der Waals surface area contributed by atoms with Crippen LogP contribution in [-0.4, -0.2) is 19.8 Å². The molecule has 0 fully saturated rings. The second-order valence-corrected chi connectivity index (χ2v) is 4.97. The van der Waals surface area contributed by atoms with Crippen molar-refractivity contribution in [1.82, 2.24) is 0 Å². The molecule has 0 heterocycles. The van der Waals surface area contributed by atoms with E-state index in [9.17, 15) is 0 Å². The maximum atomic E-state index is 8.93. The van der Waals surface area contributed by atoms with Crippen LogP contribution in [0.4, 0.5) is 0 Å². The molecule has 0 N–H and O–H groups in total. The SMILES string of the molecule is CC[O-].CC[O-].CC[O-].[Hf+4].[c-]1cccc(C2=CC=CC2)c1C1=CC=CC1. The Labute approximate surface area is 177 Å². The number of benzene rings is 1. The van der Waals surface area contributed by atoms with Crippen molar-refractivity contribution in [3.63, 3.8) is 0 Å². The third kappa shape index (κ3) is 10.8. The summed E-state index contributed by atoms with van der Waals surface area (Å²) in [5.41, 5.74) is 5.38. The topological polar surface area (TPSA) is 69.2 Å². The standard InChI is InChI=1S/C16H13.3C2H5O.Hf/c1-2-8-13(7-1)15-11-5-6-12-16(15)14-9-3-4-10-14;3*1-2-3;/h1-7,9,11H,8,10H2;3*2H2,1H3;/q4*-1;+4. The molecule has 0 spiro atoms. The van der Waals surface area contributed by atoms with Crippen LogP contribution in [0.1, 0.15) is 44.7 Å². The van der Waals surface area contributed by atoms with Crippen LogP contribution in [0.5, 0.6) is 0 Å². The summed E-state index contributed by atoms with van der Waals surface area (Å²) >= 11 is 0. The fraction of sp³-hybridized carbons (Fsp3) is 0.364. The third-order valence-electron chi connectivity index (χ3n) is 3.07. The minimum absolute atomic E-state index is 0. The van der Waals surface area contributed by atoms with Gasteiger partial charge >= 0.3 is 25.8 Å². The van der Waals surface area contributed by atoms with Gasteiger partial charge in [0.2, 0.25) is 0 Å². The van der Waals surface area contributed by atoms with Crippen molar-refractivity contribution in [2.45, 2.75) is 33.6 Å². The molecule has 3 nitrogen and oxygen atoms in total. The second kappa shape index (κ2) is 18.7. The number of rotatable bonds is 2. The average Bonchev–Trinajstić information content (AvgIpc) is 3.31. The monoisotopic (exact) mass is 520 g/mol. The molecule has 0 saturated carbocycles. The summed E-state index contributed by atoms with van der Waals surface area (Å²) in [5, 5.41) is 26.8. The van der Waals surface area contributed by atoms with E-state index in [0.717, 1.165) is 12.8 Å². The van der Waals surface area contributed by atoms with Gasteiger partial charge in [0.05, 0.1) is 0 Å². The molecule has 0 bridgehead atoms. The van der Waals surface area contributed by atoms with Crippen molar-refractivity contribution >= 4 is 11.1 Å². The Morgan fingerprint density at radius 3 is 1.73 bits per heavy atom. The summed E-state index contributed by atoms with van der Waals surface area (Å²) in [5.74, 6) is 0. The molecular weight excluding hydrogens is 491 g/mol. The average molecular weight is 519 g/mol. The molecule has 3 rings (SSSR count). The fourth-order valence-electron chi connectivity index (χ4n) is 2.25. The Morgan fingerprint density at radius 1 is 0.846 bits per heavy atom. The minimum Gasteiger partial charge on any atom is -0.855 e. The van der Waals surface area contributed by atoms with Crippen molar-refractivity contribution in [2.75, 3.05) is 19.8 Å². The van der Waals surface area contributed by atoms with Crippen molar-refractivity contribution in [3.8, 4) is 0 Å². The molecule has 4 heteroatoms. The quantitative estimate of drug-likeness (QED) is 0.445. The van der Waals surface area contributed by atoms with E-state index in [1.54, 1.807) is 20.8 Å². The Hall–Kier alpha value is -1.07. The Bertz CT molecular complexity index is 533. The van der Waals surface area contributed by atoms with E-state index in [1.165, 1.54) is 22.3 Å². The van der Waals surface area contributed by atoms with Crippen LogP contribution in [-0.2, 0) is 25.8 Å². The molecule has 2 aliphatic rings. The number of hydrogen-bond donors (Lipinski definition) is 0. The molecule has 1 aromatic carbocycles. The molecule has 0 aromatic heterocycles. The molecule has 0 saturated heterocycles. The molecule has 0 amide bonds. The van der Waals surface area contributed by atoms with Crippen LogP contribution in [0.15, 0.2) is 54.7 Å². The van der Waals surface area contributed by atoms with Gasteiger partial charge in [0.1, 0.15) is 0 Å². The summed E-state index contributed by atoms with van der Waals surface area (Å²) in [6, 6.07) is 9.65. The van der Waals surface area contributed by atoms with Crippen LogP contribution in [0.25, 0.3) is 11.1 Å². The first-order valence-electron chi connectivity index (χ1n) is 8.67. The Balaban J connectivity index is 0. The second-order valence-electron chi connectivity index (χ2n) is 4.97. The third-order valence-corrected chi connectivity index (χ3v) is 3.07. The zero-order valence-corrected chi connectivity index (χ0v) is 19.5. The van der Waals surface area contributed by atoms with Gasteiger partial charge in [-0.2, -0.15) is 0 Å². The molecular formula is C22H28HfO3. The van der Waals surface area contributed by atoms with Gasteiger partial charge in [-0.3, -0.25) is 0 Å². The normalized spacial score (nSPS) is 13.0. The van der Waals surface area contributed by atoms with Crippen LogP contribution < -0.4 is 15.3 Å². The van der Waals surface area contributed by atoms with Gasteiger partial charge < -0.3 is 15.3 Å². The Morgan fingerprint density at radius 2 is 1.31 bits per heavy atom. The van der Waals surface area contributed by atoms with Crippen LogP contribution in [0.3, 0.4) is 0 Å². The van der Waals surface area contributed by atoms with Crippen molar-refractivity contribution in [2.24, 2.45) is 0 Å². The largest absolute Gasteiger partial charge is 4.00 e. The first-order chi connectivity index (χ1) is 12.2. The summed E-state index contributed by atoms with van der Waals surface area (Å²) < 4.78 is 0. The first kappa shape index (κ1) is 27.2. The van der Waals surface area contributed by atoms with Gasteiger partial charge in [-0.05, 0) is 12.8 Å². The predicted molar refractivity (Wildman–Crippen MR) is 100 cm³/mol. The van der Waals surface area contributed by atoms with E-state index in [4.69, 9.17) is 15.3 Å². The fourth-order valence-corrected chi connectivity index (χ4v) is 2.25. The van der Waals surface area contributed by atoms with Crippen LogP contribution >= 0.6 is 0 Å². The van der Waals surface area contributed by atoms with E-state index in [-0.39, 0.29) is 45.7 Å². The van der Waals surface area contributed by atoms with Crippen molar-refractivity contribution in [1.29, 1.82) is 0 Å². The summed E-state index contributed by atoms with van der Waals surface area (Å²) in [7, 11) is 0. The molecule has 0 atom stereocenters. The van der Waals surface area contributed by atoms with E-state index >= 15 is 0 Å². The maximum absolute atomic E-state index is 8.93. The van der Waals surface area contributed by atoms with Gasteiger partial charge in [0.25, 0.3) is 0 Å². The molecule has 0 radical (unpaired) electrons. The molecule has 1 aromatic rings. The van der Waals surface area contributed by atoms with E-state index < -0.39 is 0 Å².